The normalized spacial score (nSPS) is 13.2. The Kier molecular flexibility index (Phi) is 7.02. The molecule has 4 heteroatoms. The van der Waals surface area contributed by atoms with Crippen molar-refractivity contribution in [1.82, 2.24) is 4.90 Å². The topological polar surface area (TPSA) is 55.6 Å². The highest BCUT2D eigenvalue weighted by atomic mass is 16.6. The maximum absolute atomic E-state index is 12.7. The summed E-state index contributed by atoms with van der Waals surface area (Å²) in [5.74, 6) is 0.288. The minimum absolute atomic E-state index is 0.0683. The summed E-state index contributed by atoms with van der Waals surface area (Å²) in [6.45, 7) is 8.92. The summed E-state index contributed by atoms with van der Waals surface area (Å²) < 4.78 is 5.33. The van der Waals surface area contributed by atoms with Crippen LogP contribution in [-0.2, 0) is 11.3 Å². The van der Waals surface area contributed by atoms with E-state index in [1.807, 2.05) is 18.2 Å². The van der Waals surface area contributed by atoms with Crippen LogP contribution in [-0.4, -0.2) is 30.2 Å². The number of fused-ring (bicyclic) bond motifs is 1. The van der Waals surface area contributed by atoms with Crippen LogP contribution in [0.25, 0.3) is 10.8 Å². The van der Waals surface area contributed by atoms with Gasteiger partial charge in [-0.2, -0.15) is 0 Å². The molecule has 25 heavy (non-hydrogen) atoms. The number of ether oxygens (including phenoxy) is 1. The lowest BCUT2D eigenvalue weighted by atomic mass is 9.96. The summed E-state index contributed by atoms with van der Waals surface area (Å²) >= 11 is 0. The van der Waals surface area contributed by atoms with Gasteiger partial charge in [0.2, 0.25) is 0 Å². The smallest absolute Gasteiger partial charge is 0.410 e. The van der Waals surface area contributed by atoms with Crippen LogP contribution in [0.4, 0.5) is 4.79 Å². The number of nitrogens with zero attached hydrogens (tertiary/aromatic N) is 1. The second kappa shape index (κ2) is 9.23. The van der Waals surface area contributed by atoms with Crippen molar-refractivity contribution < 1.29 is 9.53 Å². The van der Waals surface area contributed by atoms with Crippen LogP contribution in [0.5, 0.6) is 0 Å². The fourth-order valence-corrected chi connectivity index (χ4v) is 3.08. The fraction of sp³-hybridized carbons (Fsp3) is 0.381. The maximum atomic E-state index is 12.7. The molecule has 1 amide bonds. The minimum atomic E-state index is -0.344. The zero-order valence-electron chi connectivity index (χ0n) is 15.2. The number of hydrogen-bond donors (Lipinski definition) is 1. The van der Waals surface area contributed by atoms with Crippen molar-refractivity contribution in [3.8, 4) is 0 Å². The summed E-state index contributed by atoms with van der Waals surface area (Å²) in [5.41, 5.74) is 7.11. The van der Waals surface area contributed by atoms with Gasteiger partial charge in [0.05, 0.1) is 6.04 Å². The lowest BCUT2D eigenvalue weighted by Gasteiger charge is -2.34. The van der Waals surface area contributed by atoms with Gasteiger partial charge in [-0.1, -0.05) is 75.4 Å². The van der Waals surface area contributed by atoms with Gasteiger partial charge >= 0.3 is 6.09 Å². The average Bonchev–Trinajstić information content (AvgIpc) is 2.65. The van der Waals surface area contributed by atoms with Crippen LogP contribution in [0.15, 0.2) is 55.1 Å². The molecule has 0 heterocycles. The first kappa shape index (κ1) is 19.0. The van der Waals surface area contributed by atoms with E-state index in [-0.39, 0.29) is 24.7 Å². The standard InChI is InChI=1S/C21H28N2O2/c1-4-13-25-21(24)23(20(14-22)16(3)5-2)15-18-11-8-10-17-9-6-7-12-19(17)18/h4,6-12,16,20H,1,5,13-15,22H2,2-3H3/t16-,20+/m0/s1. The van der Waals surface area contributed by atoms with Crippen molar-refractivity contribution in [2.75, 3.05) is 13.2 Å². The van der Waals surface area contributed by atoms with E-state index in [1.165, 1.54) is 0 Å². The fourth-order valence-electron chi connectivity index (χ4n) is 3.08. The molecule has 0 radical (unpaired) electrons. The second-order valence-electron chi connectivity index (χ2n) is 6.32. The predicted molar refractivity (Wildman–Crippen MR) is 103 cm³/mol. The zero-order chi connectivity index (χ0) is 18.2. The Hall–Kier alpha value is -2.33. The third-order valence-electron chi connectivity index (χ3n) is 4.72. The second-order valence-corrected chi connectivity index (χ2v) is 6.32. The Labute approximate surface area is 150 Å². The first-order valence-electron chi connectivity index (χ1n) is 8.83. The van der Waals surface area contributed by atoms with Crippen LogP contribution < -0.4 is 5.73 Å². The zero-order valence-corrected chi connectivity index (χ0v) is 15.2. The molecule has 0 saturated heterocycles. The molecule has 0 aliphatic heterocycles. The molecule has 2 N–H and O–H groups in total. The van der Waals surface area contributed by atoms with E-state index in [9.17, 15) is 4.79 Å². The molecule has 0 fully saturated rings. The van der Waals surface area contributed by atoms with Gasteiger partial charge in [-0.15, -0.1) is 0 Å². The molecule has 4 nitrogen and oxygen atoms in total. The monoisotopic (exact) mass is 340 g/mol. The van der Waals surface area contributed by atoms with Gasteiger partial charge in [0.25, 0.3) is 0 Å². The van der Waals surface area contributed by atoms with Crippen molar-refractivity contribution in [1.29, 1.82) is 0 Å². The third-order valence-corrected chi connectivity index (χ3v) is 4.72. The summed E-state index contributed by atoms with van der Waals surface area (Å²) in [7, 11) is 0. The molecular weight excluding hydrogens is 312 g/mol. The Morgan fingerprint density at radius 1 is 1.28 bits per heavy atom. The molecule has 134 valence electrons. The number of hydrogen-bond acceptors (Lipinski definition) is 3. The van der Waals surface area contributed by atoms with Gasteiger partial charge in [-0.05, 0) is 22.3 Å². The Bertz CT molecular complexity index is 709. The van der Waals surface area contributed by atoms with E-state index < -0.39 is 0 Å². The minimum Gasteiger partial charge on any atom is -0.445 e. The van der Waals surface area contributed by atoms with E-state index in [4.69, 9.17) is 10.5 Å². The molecule has 2 aromatic rings. The van der Waals surface area contributed by atoms with Gasteiger partial charge in [0, 0.05) is 13.1 Å². The molecule has 0 aliphatic rings. The number of carbonyl (C=O) groups excluding carboxylic acids is 1. The quantitative estimate of drug-likeness (QED) is 0.727. The van der Waals surface area contributed by atoms with Crippen molar-refractivity contribution in [2.24, 2.45) is 11.7 Å². The Morgan fingerprint density at radius 3 is 2.68 bits per heavy atom. The first-order valence-corrected chi connectivity index (χ1v) is 8.83. The highest BCUT2D eigenvalue weighted by molar-refractivity contribution is 5.86. The molecule has 2 atom stereocenters. The van der Waals surface area contributed by atoms with Crippen molar-refractivity contribution in [3.63, 3.8) is 0 Å². The van der Waals surface area contributed by atoms with Crippen LogP contribution in [0.1, 0.15) is 25.8 Å². The lowest BCUT2D eigenvalue weighted by Crippen LogP contribution is -2.47. The maximum Gasteiger partial charge on any atom is 0.410 e. The van der Waals surface area contributed by atoms with E-state index in [0.717, 1.165) is 22.8 Å². The van der Waals surface area contributed by atoms with Gasteiger partial charge in [0.1, 0.15) is 6.61 Å². The summed E-state index contributed by atoms with van der Waals surface area (Å²) in [5, 5.41) is 2.30. The van der Waals surface area contributed by atoms with Gasteiger partial charge in [-0.3, -0.25) is 4.90 Å². The third kappa shape index (κ3) is 4.60. The number of carbonyl (C=O) groups is 1. The Balaban J connectivity index is 2.36. The molecule has 0 bridgehead atoms. The Morgan fingerprint density at radius 2 is 2.00 bits per heavy atom. The van der Waals surface area contributed by atoms with Gasteiger partial charge in [0.15, 0.2) is 0 Å². The SMILES string of the molecule is C=CCOC(=O)N(Cc1cccc2ccccc12)[C@H](CN)[C@@H](C)CC. The van der Waals surface area contributed by atoms with Gasteiger partial charge in [-0.25, -0.2) is 4.79 Å². The average molecular weight is 340 g/mol. The van der Waals surface area contributed by atoms with Crippen LogP contribution >= 0.6 is 0 Å². The van der Waals surface area contributed by atoms with Crippen molar-refractivity contribution >= 4 is 16.9 Å². The summed E-state index contributed by atoms with van der Waals surface area (Å²) in [6.07, 6.45) is 2.18. The van der Waals surface area contributed by atoms with E-state index in [0.29, 0.717) is 13.1 Å². The molecular formula is C21H28N2O2. The lowest BCUT2D eigenvalue weighted by molar-refractivity contribution is 0.0788. The molecule has 0 aromatic heterocycles. The number of rotatable bonds is 8. The van der Waals surface area contributed by atoms with Crippen LogP contribution in [0.3, 0.4) is 0 Å². The molecule has 2 rings (SSSR count). The molecule has 2 aromatic carbocycles. The largest absolute Gasteiger partial charge is 0.445 e. The van der Waals surface area contributed by atoms with Crippen molar-refractivity contribution in [3.05, 3.63) is 60.7 Å². The number of benzene rings is 2. The van der Waals surface area contributed by atoms with Gasteiger partial charge < -0.3 is 10.5 Å². The molecule has 0 unspecified atom stereocenters. The number of nitrogens with two attached hydrogens (primary N) is 1. The van der Waals surface area contributed by atoms with Crippen LogP contribution in [0, 0.1) is 5.92 Å². The molecule has 0 aliphatic carbocycles. The van der Waals surface area contributed by atoms with E-state index >= 15 is 0 Å². The summed E-state index contributed by atoms with van der Waals surface area (Å²) in [4.78, 5) is 14.4. The predicted octanol–water partition coefficient (Wildman–Crippen LogP) is 4.34. The molecule has 0 spiro atoms. The van der Waals surface area contributed by atoms with E-state index in [1.54, 1.807) is 11.0 Å². The number of amides is 1. The highest BCUT2D eigenvalue weighted by Gasteiger charge is 2.28. The summed E-state index contributed by atoms with van der Waals surface area (Å²) in [6, 6.07) is 14.3. The highest BCUT2D eigenvalue weighted by Crippen LogP contribution is 2.23. The van der Waals surface area contributed by atoms with E-state index in [2.05, 4.69) is 44.7 Å². The van der Waals surface area contributed by atoms with Crippen LogP contribution in [0.2, 0.25) is 0 Å². The van der Waals surface area contributed by atoms with Crippen molar-refractivity contribution in [2.45, 2.75) is 32.9 Å². The first-order chi connectivity index (χ1) is 12.1. The molecule has 0 saturated carbocycles.